The van der Waals surface area contributed by atoms with Gasteiger partial charge in [-0.3, -0.25) is 0 Å². The highest BCUT2D eigenvalue weighted by molar-refractivity contribution is 5.65. The molecule has 0 amide bonds. The van der Waals surface area contributed by atoms with Gasteiger partial charge in [0.15, 0.2) is 0 Å². The highest BCUT2D eigenvalue weighted by Gasteiger charge is 2.34. The molecule has 3 rings (SSSR count). The van der Waals surface area contributed by atoms with Gasteiger partial charge in [-0.25, -0.2) is 0 Å². The topological polar surface area (TPSA) is 49.7 Å². The highest BCUT2D eigenvalue weighted by atomic mass is 16.5. The minimum absolute atomic E-state index is 0.185. The van der Waals surface area contributed by atoms with Gasteiger partial charge < -0.3 is 14.9 Å². The molecule has 0 atom stereocenters. The molecule has 3 heteroatoms. The molecular formula is C26H42O3. The van der Waals surface area contributed by atoms with Crippen molar-refractivity contribution < 1.29 is 14.9 Å². The van der Waals surface area contributed by atoms with Gasteiger partial charge in [0.25, 0.3) is 0 Å². The van der Waals surface area contributed by atoms with Crippen molar-refractivity contribution in [2.24, 2.45) is 5.92 Å². The average Bonchev–Trinajstić information content (AvgIpc) is 2.74. The smallest absolute Gasteiger partial charge is 0.137 e. The fourth-order valence-electron chi connectivity index (χ4n) is 3.69. The molecule has 0 unspecified atom stereocenters. The van der Waals surface area contributed by atoms with Crippen molar-refractivity contribution in [2.75, 3.05) is 0 Å². The lowest BCUT2D eigenvalue weighted by Gasteiger charge is -2.34. The van der Waals surface area contributed by atoms with Crippen LogP contribution in [0.4, 0.5) is 0 Å². The lowest BCUT2D eigenvalue weighted by Crippen LogP contribution is -2.17. The highest BCUT2D eigenvalue weighted by Crippen LogP contribution is 2.53. The standard InChI is InChI=1S/C20H24O3.3C2H6/c1-9(2)16-14-7-10(3)17(21)12(5)19(14)23-20-13(6)18(22)11(4)8-15(16)20;3*1-2/h7-9,16,21-22H,1-6H3;3*1-2H3. The summed E-state index contributed by atoms with van der Waals surface area (Å²) in [7, 11) is 0. The van der Waals surface area contributed by atoms with E-state index in [0.717, 1.165) is 44.9 Å². The molecule has 0 radical (unpaired) electrons. The third-order valence-electron chi connectivity index (χ3n) is 4.95. The summed E-state index contributed by atoms with van der Waals surface area (Å²) in [5.74, 6) is 2.58. The van der Waals surface area contributed by atoms with E-state index in [1.54, 1.807) is 0 Å². The molecule has 2 N–H and O–H groups in total. The molecule has 0 bridgehead atoms. The number of benzene rings is 2. The maximum Gasteiger partial charge on any atom is 0.137 e. The second-order valence-electron chi connectivity index (χ2n) is 6.99. The van der Waals surface area contributed by atoms with Gasteiger partial charge >= 0.3 is 0 Å². The third-order valence-corrected chi connectivity index (χ3v) is 4.95. The third kappa shape index (κ3) is 5.07. The molecule has 2 aromatic carbocycles. The number of aryl methyl sites for hydroxylation is 2. The normalized spacial score (nSPS) is 11.5. The van der Waals surface area contributed by atoms with Crippen molar-refractivity contribution in [3.05, 3.63) is 45.5 Å². The summed E-state index contributed by atoms with van der Waals surface area (Å²) in [6, 6.07) is 4.06. The Balaban J connectivity index is 0.00000120. The molecule has 3 nitrogen and oxygen atoms in total. The van der Waals surface area contributed by atoms with Crippen LogP contribution in [0.2, 0.25) is 0 Å². The minimum atomic E-state index is 0.185. The van der Waals surface area contributed by atoms with Crippen LogP contribution in [-0.2, 0) is 0 Å². The number of rotatable bonds is 1. The SMILES string of the molecule is CC.CC.CC.Cc1cc2c(c(C)c1O)Oc1c(cc(C)c(O)c1C)C2C(C)C. The maximum atomic E-state index is 10.3. The minimum Gasteiger partial charge on any atom is -0.507 e. The van der Waals surface area contributed by atoms with Crippen molar-refractivity contribution in [3.8, 4) is 23.0 Å². The van der Waals surface area contributed by atoms with Crippen molar-refractivity contribution in [3.63, 3.8) is 0 Å². The van der Waals surface area contributed by atoms with Crippen LogP contribution in [0, 0.1) is 33.6 Å². The monoisotopic (exact) mass is 402 g/mol. The van der Waals surface area contributed by atoms with Crippen molar-refractivity contribution in [1.29, 1.82) is 0 Å². The molecule has 0 fully saturated rings. The second-order valence-corrected chi connectivity index (χ2v) is 6.99. The van der Waals surface area contributed by atoms with Gasteiger partial charge in [-0.15, -0.1) is 0 Å². The molecule has 0 aromatic heterocycles. The van der Waals surface area contributed by atoms with Gasteiger partial charge in [-0.1, -0.05) is 55.4 Å². The fourth-order valence-corrected chi connectivity index (χ4v) is 3.69. The van der Waals surface area contributed by atoms with E-state index in [9.17, 15) is 10.2 Å². The number of phenols is 2. The number of ether oxygens (including phenoxy) is 1. The molecule has 2 aromatic rings. The van der Waals surface area contributed by atoms with E-state index in [4.69, 9.17) is 4.74 Å². The Kier molecular flexibility index (Phi) is 10.9. The Morgan fingerprint density at radius 3 is 1.28 bits per heavy atom. The molecule has 29 heavy (non-hydrogen) atoms. The number of aromatic hydroxyl groups is 2. The van der Waals surface area contributed by atoms with E-state index in [2.05, 4.69) is 13.8 Å². The predicted molar refractivity (Wildman–Crippen MR) is 126 cm³/mol. The molecule has 1 heterocycles. The lowest BCUT2D eigenvalue weighted by molar-refractivity contribution is 0.395. The first kappa shape index (κ1) is 26.8. The zero-order valence-electron chi connectivity index (χ0n) is 20.6. The summed E-state index contributed by atoms with van der Waals surface area (Å²) in [4.78, 5) is 0. The van der Waals surface area contributed by atoms with Crippen LogP contribution in [0.1, 0.15) is 94.7 Å². The Bertz CT molecular complexity index is 741. The number of phenolic OH excluding ortho intramolecular Hbond substituents is 2. The zero-order valence-corrected chi connectivity index (χ0v) is 20.6. The zero-order chi connectivity index (χ0) is 23.0. The van der Waals surface area contributed by atoms with Crippen LogP contribution in [0.3, 0.4) is 0 Å². The fraction of sp³-hybridized carbons (Fsp3) is 0.538. The van der Waals surface area contributed by atoms with E-state index in [-0.39, 0.29) is 17.4 Å². The summed E-state index contributed by atoms with van der Waals surface area (Å²) >= 11 is 0. The Morgan fingerprint density at radius 2 is 1.00 bits per heavy atom. The van der Waals surface area contributed by atoms with Gasteiger partial charge in [0.05, 0.1) is 0 Å². The predicted octanol–water partition coefficient (Wildman–Crippen LogP) is 8.30. The molecular weight excluding hydrogens is 360 g/mol. The average molecular weight is 403 g/mol. The van der Waals surface area contributed by atoms with E-state index in [1.807, 2.05) is 81.4 Å². The van der Waals surface area contributed by atoms with Crippen LogP contribution < -0.4 is 4.74 Å². The Hall–Kier alpha value is -2.16. The quantitative estimate of drug-likeness (QED) is 0.504. The van der Waals surface area contributed by atoms with Gasteiger partial charge in [0.2, 0.25) is 0 Å². The second kappa shape index (κ2) is 11.7. The molecule has 0 saturated carbocycles. The summed E-state index contributed by atoms with van der Waals surface area (Å²) in [6.45, 7) is 24.0. The van der Waals surface area contributed by atoms with Gasteiger partial charge in [-0.2, -0.15) is 0 Å². The van der Waals surface area contributed by atoms with Crippen molar-refractivity contribution in [1.82, 2.24) is 0 Å². The van der Waals surface area contributed by atoms with Gasteiger partial charge in [0.1, 0.15) is 23.0 Å². The summed E-state index contributed by atoms with van der Waals surface area (Å²) in [5, 5.41) is 20.5. The van der Waals surface area contributed by atoms with Crippen LogP contribution in [0.5, 0.6) is 23.0 Å². The largest absolute Gasteiger partial charge is 0.507 e. The van der Waals surface area contributed by atoms with Crippen molar-refractivity contribution in [2.45, 2.75) is 89.0 Å². The first-order chi connectivity index (χ1) is 13.7. The van der Waals surface area contributed by atoms with Crippen molar-refractivity contribution >= 4 is 0 Å². The molecule has 164 valence electrons. The van der Waals surface area contributed by atoms with Gasteiger partial charge in [0, 0.05) is 28.2 Å². The van der Waals surface area contributed by atoms with E-state index in [1.165, 1.54) is 0 Å². The summed E-state index contributed by atoms with van der Waals surface area (Å²) in [5.41, 5.74) is 5.48. The molecule has 0 aliphatic carbocycles. The Labute approximate surface area is 178 Å². The van der Waals surface area contributed by atoms with Crippen LogP contribution in [-0.4, -0.2) is 10.2 Å². The first-order valence-electron chi connectivity index (χ1n) is 11.1. The number of fused-ring (bicyclic) bond motifs is 2. The van der Waals surface area contributed by atoms with Crippen LogP contribution >= 0.6 is 0 Å². The molecule has 1 aliphatic rings. The van der Waals surface area contributed by atoms with E-state index >= 15 is 0 Å². The number of hydrogen-bond acceptors (Lipinski definition) is 3. The van der Waals surface area contributed by atoms with Crippen LogP contribution in [0.15, 0.2) is 12.1 Å². The molecule has 0 spiro atoms. The maximum absolute atomic E-state index is 10.3. The van der Waals surface area contributed by atoms with E-state index < -0.39 is 0 Å². The molecule has 0 saturated heterocycles. The summed E-state index contributed by atoms with van der Waals surface area (Å²) < 4.78 is 6.17. The summed E-state index contributed by atoms with van der Waals surface area (Å²) in [6.07, 6.45) is 0. The number of hydrogen-bond donors (Lipinski definition) is 2. The van der Waals surface area contributed by atoms with E-state index in [0.29, 0.717) is 5.92 Å². The Morgan fingerprint density at radius 1 is 0.690 bits per heavy atom. The first-order valence-corrected chi connectivity index (χ1v) is 11.1. The van der Waals surface area contributed by atoms with Crippen LogP contribution in [0.25, 0.3) is 0 Å². The van der Waals surface area contributed by atoms with Gasteiger partial charge in [-0.05, 0) is 56.9 Å². The lowest BCUT2D eigenvalue weighted by atomic mass is 9.77. The molecule has 1 aliphatic heterocycles.